The van der Waals surface area contributed by atoms with Crippen LogP contribution in [-0.4, -0.2) is 41.4 Å². The number of nitrogens with one attached hydrogen (secondary N) is 2. The molecule has 1 aromatic heterocycles. The van der Waals surface area contributed by atoms with Crippen molar-refractivity contribution < 1.29 is 18.3 Å². The zero-order valence-electron chi connectivity index (χ0n) is 15.0. The predicted octanol–water partition coefficient (Wildman–Crippen LogP) is 2.25. The van der Waals surface area contributed by atoms with E-state index in [9.17, 15) is 13.6 Å². The zero-order chi connectivity index (χ0) is 18.6. The molecular formula is C18H23ClF2N4O2. The number of amides is 1. The SMILES string of the molecule is CC(COc1ccc(F)cc1F)NC(=O)C1(n2cccn2)CCNCC1.Cl. The molecule has 1 amide bonds. The minimum absolute atomic E-state index is 0. The second kappa shape index (κ2) is 9.14. The van der Waals surface area contributed by atoms with E-state index in [4.69, 9.17) is 4.74 Å². The van der Waals surface area contributed by atoms with E-state index >= 15 is 0 Å². The van der Waals surface area contributed by atoms with Crippen LogP contribution in [0.4, 0.5) is 8.78 Å². The number of piperidine rings is 1. The smallest absolute Gasteiger partial charge is 0.248 e. The molecule has 3 rings (SSSR count). The molecule has 0 spiro atoms. The minimum atomic E-state index is -0.769. The van der Waals surface area contributed by atoms with Gasteiger partial charge in [0.25, 0.3) is 0 Å². The van der Waals surface area contributed by atoms with Gasteiger partial charge in [0, 0.05) is 18.5 Å². The summed E-state index contributed by atoms with van der Waals surface area (Å²) in [7, 11) is 0. The van der Waals surface area contributed by atoms with Gasteiger partial charge in [0.2, 0.25) is 5.91 Å². The van der Waals surface area contributed by atoms with E-state index in [0.29, 0.717) is 12.8 Å². The maximum Gasteiger partial charge on any atom is 0.248 e. The third kappa shape index (κ3) is 4.75. The summed E-state index contributed by atoms with van der Waals surface area (Å²) in [6.07, 6.45) is 4.70. The van der Waals surface area contributed by atoms with E-state index in [0.717, 1.165) is 25.2 Å². The molecule has 148 valence electrons. The maximum atomic E-state index is 13.6. The van der Waals surface area contributed by atoms with Crippen molar-refractivity contribution in [1.29, 1.82) is 0 Å². The van der Waals surface area contributed by atoms with Crippen LogP contribution in [0.1, 0.15) is 19.8 Å². The summed E-state index contributed by atoms with van der Waals surface area (Å²) in [4.78, 5) is 13.0. The summed E-state index contributed by atoms with van der Waals surface area (Å²) in [5.41, 5.74) is -0.746. The highest BCUT2D eigenvalue weighted by atomic mass is 35.5. The van der Waals surface area contributed by atoms with Gasteiger partial charge in [-0.2, -0.15) is 5.10 Å². The lowest BCUT2D eigenvalue weighted by molar-refractivity contribution is -0.132. The van der Waals surface area contributed by atoms with Crippen LogP contribution in [0.25, 0.3) is 0 Å². The topological polar surface area (TPSA) is 68.2 Å². The van der Waals surface area contributed by atoms with E-state index in [1.807, 2.05) is 0 Å². The largest absolute Gasteiger partial charge is 0.488 e. The molecule has 2 N–H and O–H groups in total. The monoisotopic (exact) mass is 400 g/mol. The molecule has 0 saturated carbocycles. The molecule has 2 heterocycles. The van der Waals surface area contributed by atoms with Gasteiger partial charge in [0.05, 0.1) is 6.04 Å². The highest BCUT2D eigenvalue weighted by Crippen LogP contribution is 2.27. The molecule has 9 heteroatoms. The van der Waals surface area contributed by atoms with Gasteiger partial charge in [-0.3, -0.25) is 9.48 Å². The first-order chi connectivity index (χ1) is 12.5. The molecule has 1 saturated heterocycles. The van der Waals surface area contributed by atoms with Crippen molar-refractivity contribution in [1.82, 2.24) is 20.4 Å². The van der Waals surface area contributed by atoms with Crippen molar-refractivity contribution in [2.24, 2.45) is 0 Å². The molecule has 1 aromatic carbocycles. The Kier molecular flexibility index (Phi) is 7.15. The highest BCUT2D eigenvalue weighted by molar-refractivity contribution is 5.85. The Labute approximate surface area is 162 Å². The Morgan fingerprint density at radius 2 is 2.15 bits per heavy atom. The van der Waals surface area contributed by atoms with Gasteiger partial charge in [-0.15, -0.1) is 12.4 Å². The lowest BCUT2D eigenvalue weighted by Gasteiger charge is -2.37. The number of carbonyl (C=O) groups excluding carboxylic acids is 1. The molecule has 1 aliphatic rings. The molecular weight excluding hydrogens is 378 g/mol. The quantitative estimate of drug-likeness (QED) is 0.780. The van der Waals surface area contributed by atoms with Crippen LogP contribution < -0.4 is 15.4 Å². The average molecular weight is 401 g/mol. The standard InChI is InChI=1S/C18H22F2N4O2.ClH/c1-13(12-26-16-4-3-14(19)11-15(16)20)23-17(25)18(5-8-21-9-6-18)24-10-2-7-22-24;/h2-4,7,10-11,13,21H,5-6,8-9,12H2,1H3,(H,23,25);1H. The number of carbonyl (C=O) groups is 1. The molecule has 0 radical (unpaired) electrons. The Balaban J connectivity index is 0.00000261. The summed E-state index contributed by atoms with van der Waals surface area (Å²) >= 11 is 0. The van der Waals surface area contributed by atoms with Crippen LogP contribution in [-0.2, 0) is 10.3 Å². The van der Waals surface area contributed by atoms with Gasteiger partial charge in [0.1, 0.15) is 18.0 Å². The number of ether oxygens (including phenoxy) is 1. The third-order valence-corrected chi connectivity index (χ3v) is 4.56. The van der Waals surface area contributed by atoms with Gasteiger partial charge in [-0.1, -0.05) is 0 Å². The van der Waals surface area contributed by atoms with Crippen molar-refractivity contribution >= 4 is 18.3 Å². The summed E-state index contributed by atoms with van der Waals surface area (Å²) in [6.45, 7) is 3.29. The molecule has 0 aliphatic carbocycles. The molecule has 2 aromatic rings. The van der Waals surface area contributed by atoms with Crippen LogP contribution in [0.15, 0.2) is 36.7 Å². The molecule has 1 fully saturated rings. The second-order valence-corrected chi connectivity index (χ2v) is 6.49. The van der Waals surface area contributed by atoms with Gasteiger partial charge >= 0.3 is 0 Å². The number of halogens is 3. The van der Waals surface area contributed by atoms with E-state index in [1.54, 1.807) is 30.1 Å². The first kappa shape index (κ1) is 21.1. The van der Waals surface area contributed by atoms with Gasteiger partial charge in [-0.25, -0.2) is 8.78 Å². The Morgan fingerprint density at radius 3 is 2.78 bits per heavy atom. The van der Waals surface area contributed by atoms with Crippen LogP contribution in [0.3, 0.4) is 0 Å². The van der Waals surface area contributed by atoms with Crippen LogP contribution in [0, 0.1) is 11.6 Å². The van der Waals surface area contributed by atoms with Crippen LogP contribution >= 0.6 is 12.4 Å². The summed E-state index contributed by atoms with van der Waals surface area (Å²) in [5.74, 6) is -1.62. The average Bonchev–Trinajstić information content (AvgIpc) is 3.16. The normalized spacial score (nSPS) is 16.9. The van der Waals surface area contributed by atoms with Crippen molar-refractivity contribution in [2.75, 3.05) is 19.7 Å². The van der Waals surface area contributed by atoms with Crippen LogP contribution in [0.5, 0.6) is 5.75 Å². The van der Waals surface area contributed by atoms with E-state index in [2.05, 4.69) is 15.7 Å². The number of rotatable bonds is 6. The van der Waals surface area contributed by atoms with Crippen molar-refractivity contribution in [3.8, 4) is 5.75 Å². The minimum Gasteiger partial charge on any atom is -0.488 e. The van der Waals surface area contributed by atoms with Crippen LogP contribution in [0.2, 0.25) is 0 Å². The maximum absolute atomic E-state index is 13.6. The van der Waals surface area contributed by atoms with Gasteiger partial charge in [-0.05, 0) is 51.1 Å². The van der Waals surface area contributed by atoms with Gasteiger partial charge in [0.15, 0.2) is 11.6 Å². The molecule has 1 atom stereocenters. The number of hydrogen-bond donors (Lipinski definition) is 2. The molecule has 1 aliphatic heterocycles. The molecule has 0 bridgehead atoms. The fraction of sp³-hybridized carbons (Fsp3) is 0.444. The predicted molar refractivity (Wildman–Crippen MR) is 99.0 cm³/mol. The lowest BCUT2D eigenvalue weighted by Crippen LogP contribution is -2.56. The first-order valence-corrected chi connectivity index (χ1v) is 8.61. The molecule has 27 heavy (non-hydrogen) atoms. The zero-order valence-corrected chi connectivity index (χ0v) is 15.8. The number of nitrogens with zero attached hydrogens (tertiary/aromatic N) is 2. The first-order valence-electron chi connectivity index (χ1n) is 8.61. The Hall–Kier alpha value is -2.19. The van der Waals surface area contributed by atoms with Gasteiger partial charge < -0.3 is 15.4 Å². The summed E-state index contributed by atoms with van der Waals surface area (Å²) in [5, 5.41) is 10.4. The summed E-state index contributed by atoms with van der Waals surface area (Å²) in [6, 6.07) is 4.57. The molecule has 6 nitrogen and oxygen atoms in total. The van der Waals surface area contributed by atoms with E-state index in [1.165, 1.54) is 6.07 Å². The molecule has 1 unspecified atom stereocenters. The number of aromatic nitrogens is 2. The highest BCUT2D eigenvalue weighted by Gasteiger charge is 2.42. The summed E-state index contributed by atoms with van der Waals surface area (Å²) < 4.78 is 33.6. The van der Waals surface area contributed by atoms with E-state index < -0.39 is 17.2 Å². The van der Waals surface area contributed by atoms with E-state index in [-0.39, 0.29) is 36.7 Å². The van der Waals surface area contributed by atoms with Crippen molar-refractivity contribution in [3.05, 3.63) is 48.3 Å². The lowest BCUT2D eigenvalue weighted by atomic mass is 9.87. The Bertz CT molecular complexity index is 752. The Morgan fingerprint density at radius 1 is 1.41 bits per heavy atom. The second-order valence-electron chi connectivity index (χ2n) is 6.49. The number of benzene rings is 1. The number of hydrogen-bond acceptors (Lipinski definition) is 4. The fourth-order valence-electron chi connectivity index (χ4n) is 3.13. The van der Waals surface area contributed by atoms with Crippen molar-refractivity contribution in [2.45, 2.75) is 31.3 Å². The third-order valence-electron chi connectivity index (χ3n) is 4.56. The fourth-order valence-corrected chi connectivity index (χ4v) is 3.13. The van der Waals surface area contributed by atoms with Crippen molar-refractivity contribution in [3.63, 3.8) is 0 Å².